The highest BCUT2D eigenvalue weighted by Gasteiger charge is 2.36. The lowest BCUT2D eigenvalue weighted by molar-refractivity contribution is -0.139. The van der Waals surface area contributed by atoms with Gasteiger partial charge in [0.1, 0.15) is 12.6 Å². The summed E-state index contributed by atoms with van der Waals surface area (Å²) in [5, 5.41) is 2.36. The Bertz CT molecular complexity index is 1450. The minimum atomic E-state index is -4.86. The van der Waals surface area contributed by atoms with E-state index in [-0.39, 0.29) is 13.0 Å². The number of carbonyl (C=O) groups is 2. The molecule has 3 rings (SSSR count). The van der Waals surface area contributed by atoms with E-state index in [1.54, 1.807) is 54.6 Å². The van der Waals surface area contributed by atoms with Crippen molar-refractivity contribution in [3.63, 3.8) is 0 Å². The Morgan fingerprint density at radius 2 is 1.57 bits per heavy atom. The number of halogens is 5. The highest BCUT2D eigenvalue weighted by Crippen LogP contribution is 2.37. The van der Waals surface area contributed by atoms with Gasteiger partial charge in [-0.1, -0.05) is 65.7 Å². The Morgan fingerprint density at radius 1 is 0.950 bits per heavy atom. The lowest BCUT2D eigenvalue weighted by Crippen LogP contribution is -2.52. The maximum absolute atomic E-state index is 13.8. The molecule has 0 fully saturated rings. The lowest BCUT2D eigenvalue weighted by Gasteiger charge is -2.33. The summed E-state index contributed by atoms with van der Waals surface area (Å²) in [6.07, 6.45) is -4.00. The van der Waals surface area contributed by atoms with Crippen LogP contribution in [-0.2, 0) is 38.8 Å². The fourth-order valence-electron chi connectivity index (χ4n) is 4.01. The molecule has 0 bridgehead atoms. The van der Waals surface area contributed by atoms with Gasteiger partial charge < -0.3 is 10.2 Å². The molecule has 0 aliphatic heterocycles. The fourth-order valence-corrected chi connectivity index (χ4v) is 5.20. The van der Waals surface area contributed by atoms with Gasteiger partial charge in [0.05, 0.1) is 22.5 Å². The van der Waals surface area contributed by atoms with Crippen LogP contribution in [0.15, 0.2) is 72.8 Å². The van der Waals surface area contributed by atoms with Gasteiger partial charge in [-0.15, -0.1) is 0 Å². The Labute approximate surface area is 240 Å². The molecule has 1 atom stereocenters. The Hall–Kier alpha value is -3.28. The minimum absolute atomic E-state index is 0.0951. The van der Waals surface area contributed by atoms with E-state index >= 15 is 0 Å². The molecule has 1 N–H and O–H groups in total. The Morgan fingerprint density at radius 3 is 2.12 bits per heavy atom. The van der Waals surface area contributed by atoms with Gasteiger partial charge in [0.25, 0.3) is 0 Å². The predicted molar refractivity (Wildman–Crippen MR) is 149 cm³/mol. The molecule has 0 spiro atoms. The molecular weight excluding hydrogens is 590 g/mol. The van der Waals surface area contributed by atoms with E-state index in [9.17, 15) is 31.2 Å². The van der Waals surface area contributed by atoms with Crippen LogP contribution in [-0.4, -0.2) is 51.0 Å². The van der Waals surface area contributed by atoms with Gasteiger partial charge in [0, 0.05) is 25.0 Å². The van der Waals surface area contributed by atoms with Crippen LogP contribution < -0.4 is 9.62 Å². The summed E-state index contributed by atoms with van der Waals surface area (Å²) in [6.45, 7) is -0.972. The predicted octanol–water partition coefficient (Wildman–Crippen LogP) is 5.16. The molecular formula is C27H26Cl2F3N3O4S. The molecule has 0 aliphatic carbocycles. The standard InChI is InChI=1S/C27H26Cl2F3N3O4S/c1-33-26(37)24(14-18-6-4-3-5-7-18)34(16-19-8-10-20(28)11-9-19)25(36)17-35(40(2,38)39)21-12-13-23(29)22(15-21)27(30,31)32/h3-13,15,24H,14,16-17H2,1-2H3,(H,33,37). The first-order valence-electron chi connectivity index (χ1n) is 11.8. The minimum Gasteiger partial charge on any atom is -0.357 e. The zero-order chi connectivity index (χ0) is 29.7. The van der Waals surface area contributed by atoms with E-state index in [2.05, 4.69) is 5.32 Å². The van der Waals surface area contributed by atoms with Gasteiger partial charge in [-0.05, 0) is 41.5 Å². The number of alkyl halides is 3. The van der Waals surface area contributed by atoms with Gasteiger partial charge in [-0.3, -0.25) is 13.9 Å². The van der Waals surface area contributed by atoms with Crippen LogP contribution in [0.1, 0.15) is 16.7 Å². The second kappa shape index (κ2) is 12.9. The van der Waals surface area contributed by atoms with Crippen molar-refractivity contribution in [2.75, 3.05) is 24.2 Å². The van der Waals surface area contributed by atoms with Gasteiger partial charge in [0.15, 0.2) is 0 Å². The molecule has 3 aromatic carbocycles. The Balaban J connectivity index is 2.06. The van der Waals surface area contributed by atoms with Crippen LogP contribution in [0.5, 0.6) is 0 Å². The largest absolute Gasteiger partial charge is 0.417 e. The van der Waals surface area contributed by atoms with E-state index < -0.39 is 56.9 Å². The molecule has 3 aromatic rings. The highest BCUT2D eigenvalue weighted by molar-refractivity contribution is 7.92. The number of hydrogen-bond donors (Lipinski definition) is 1. The summed E-state index contributed by atoms with van der Waals surface area (Å²) in [6, 6.07) is 16.9. The first-order valence-corrected chi connectivity index (χ1v) is 14.4. The first kappa shape index (κ1) is 31.3. The quantitative estimate of drug-likeness (QED) is 0.341. The number of nitrogens with one attached hydrogen (secondary N) is 1. The topological polar surface area (TPSA) is 86.8 Å². The van der Waals surface area contributed by atoms with E-state index in [0.717, 1.165) is 24.0 Å². The molecule has 1 unspecified atom stereocenters. The number of rotatable bonds is 10. The van der Waals surface area contributed by atoms with Crippen LogP contribution in [0.4, 0.5) is 18.9 Å². The number of likely N-dealkylation sites (N-methyl/N-ethyl adjacent to an activating group) is 1. The molecule has 13 heteroatoms. The number of anilines is 1. The van der Waals surface area contributed by atoms with Crippen molar-refractivity contribution in [3.8, 4) is 0 Å². The van der Waals surface area contributed by atoms with Crippen LogP contribution in [0.3, 0.4) is 0 Å². The van der Waals surface area contributed by atoms with E-state index in [0.29, 0.717) is 21.0 Å². The number of sulfonamides is 1. The third kappa shape index (κ3) is 8.12. The summed E-state index contributed by atoms with van der Waals surface area (Å²) in [5.74, 6) is -1.32. The van der Waals surface area contributed by atoms with E-state index in [1.165, 1.54) is 11.9 Å². The Kier molecular flexibility index (Phi) is 10.1. The molecule has 0 aliphatic rings. The van der Waals surface area contributed by atoms with Crippen molar-refractivity contribution in [2.24, 2.45) is 0 Å². The van der Waals surface area contributed by atoms with Crippen molar-refractivity contribution in [1.82, 2.24) is 10.2 Å². The van der Waals surface area contributed by atoms with Crippen molar-refractivity contribution in [1.29, 1.82) is 0 Å². The van der Waals surface area contributed by atoms with Crippen molar-refractivity contribution < 1.29 is 31.2 Å². The monoisotopic (exact) mass is 615 g/mol. The third-order valence-corrected chi connectivity index (χ3v) is 7.73. The molecule has 7 nitrogen and oxygen atoms in total. The van der Waals surface area contributed by atoms with E-state index in [1.807, 2.05) is 0 Å². The van der Waals surface area contributed by atoms with Crippen LogP contribution in [0.25, 0.3) is 0 Å². The highest BCUT2D eigenvalue weighted by atomic mass is 35.5. The molecule has 0 radical (unpaired) electrons. The molecule has 40 heavy (non-hydrogen) atoms. The average Bonchev–Trinajstić information content (AvgIpc) is 2.89. The first-order chi connectivity index (χ1) is 18.7. The fraction of sp³-hybridized carbons (Fsp3) is 0.259. The van der Waals surface area contributed by atoms with Crippen LogP contribution >= 0.6 is 23.2 Å². The molecule has 214 valence electrons. The smallest absolute Gasteiger partial charge is 0.357 e. The van der Waals surface area contributed by atoms with Crippen molar-refractivity contribution in [3.05, 3.63) is 99.5 Å². The van der Waals surface area contributed by atoms with Crippen molar-refractivity contribution in [2.45, 2.75) is 25.2 Å². The maximum atomic E-state index is 13.8. The van der Waals surface area contributed by atoms with Gasteiger partial charge >= 0.3 is 6.18 Å². The number of amides is 2. The normalized spacial score (nSPS) is 12.5. The van der Waals surface area contributed by atoms with Crippen LogP contribution in [0, 0.1) is 0 Å². The third-order valence-electron chi connectivity index (χ3n) is 6.01. The summed E-state index contributed by atoms with van der Waals surface area (Å²) in [7, 11) is -2.85. The van der Waals surface area contributed by atoms with E-state index in [4.69, 9.17) is 23.2 Å². The van der Waals surface area contributed by atoms with Crippen molar-refractivity contribution >= 4 is 50.7 Å². The second-order valence-corrected chi connectivity index (χ2v) is 11.6. The summed E-state index contributed by atoms with van der Waals surface area (Å²) in [4.78, 5) is 28.1. The molecule has 0 saturated heterocycles. The zero-order valence-electron chi connectivity index (χ0n) is 21.5. The maximum Gasteiger partial charge on any atom is 0.417 e. The number of nitrogens with zero attached hydrogens (tertiary/aromatic N) is 2. The van der Waals surface area contributed by atoms with Crippen LogP contribution in [0.2, 0.25) is 10.0 Å². The summed E-state index contributed by atoms with van der Waals surface area (Å²) in [5.41, 5.74) is -0.328. The zero-order valence-corrected chi connectivity index (χ0v) is 23.8. The SMILES string of the molecule is CNC(=O)C(Cc1ccccc1)N(Cc1ccc(Cl)cc1)C(=O)CN(c1ccc(Cl)c(C(F)(F)F)c1)S(C)(=O)=O. The van der Waals surface area contributed by atoms with Gasteiger partial charge in [-0.2, -0.15) is 13.2 Å². The van der Waals surface area contributed by atoms with Gasteiger partial charge in [0.2, 0.25) is 21.8 Å². The number of benzene rings is 3. The second-order valence-electron chi connectivity index (χ2n) is 8.90. The molecule has 2 amide bonds. The molecule has 0 heterocycles. The molecule has 0 saturated carbocycles. The molecule has 0 aromatic heterocycles. The number of carbonyl (C=O) groups excluding carboxylic acids is 2. The van der Waals surface area contributed by atoms with Gasteiger partial charge in [-0.25, -0.2) is 8.42 Å². The average molecular weight is 616 g/mol. The summed E-state index contributed by atoms with van der Waals surface area (Å²) < 4.78 is 66.5. The lowest BCUT2D eigenvalue weighted by atomic mass is 10.0. The summed E-state index contributed by atoms with van der Waals surface area (Å²) >= 11 is 11.7. The number of hydrogen-bond acceptors (Lipinski definition) is 4.